The van der Waals surface area contributed by atoms with Gasteiger partial charge >= 0.3 is 0 Å². The van der Waals surface area contributed by atoms with Gasteiger partial charge in [-0.05, 0) is 50.2 Å². The monoisotopic (exact) mass is 485 g/mol. The van der Waals surface area contributed by atoms with E-state index in [0.29, 0.717) is 13.0 Å². The van der Waals surface area contributed by atoms with Crippen molar-refractivity contribution in [1.82, 2.24) is 20.9 Å². The number of nitriles is 1. The Balaban J connectivity index is 1.46. The summed E-state index contributed by atoms with van der Waals surface area (Å²) in [6.45, 7) is 0.533. The maximum absolute atomic E-state index is 13.6. The molecule has 1 aromatic heterocycles. The SMILES string of the molecule is N#CC(CC1CCNC1=O)NC(=O)C(CC1CCC(F)(F)CC1)NC(=O)c1cc2ccccc2[nH]1. The number of amides is 3. The Labute approximate surface area is 201 Å². The lowest BCUT2D eigenvalue weighted by Gasteiger charge is -2.31. The number of benzene rings is 1. The average molecular weight is 486 g/mol. The number of H-pyrrole nitrogens is 1. The number of para-hydroxylation sites is 1. The van der Waals surface area contributed by atoms with E-state index in [1.165, 1.54) is 0 Å². The first kappa shape index (κ1) is 24.6. The van der Waals surface area contributed by atoms with Gasteiger partial charge in [0.25, 0.3) is 5.91 Å². The molecule has 0 radical (unpaired) electrons. The van der Waals surface area contributed by atoms with Crippen LogP contribution < -0.4 is 16.0 Å². The average Bonchev–Trinajstić information content (AvgIpc) is 3.45. The zero-order valence-electron chi connectivity index (χ0n) is 19.3. The predicted molar refractivity (Wildman–Crippen MR) is 124 cm³/mol. The van der Waals surface area contributed by atoms with Gasteiger partial charge in [-0.1, -0.05) is 18.2 Å². The number of fused-ring (bicyclic) bond motifs is 1. The molecule has 2 heterocycles. The van der Waals surface area contributed by atoms with E-state index in [0.717, 1.165) is 10.9 Å². The summed E-state index contributed by atoms with van der Waals surface area (Å²) in [4.78, 5) is 41.1. The standard InChI is InChI=1S/C25H29F2N5O3/c26-25(27)8-5-15(6-9-25)11-20(23(34)30-18(14-28)12-17-7-10-29-22(17)33)32-24(35)21-13-16-3-1-2-4-19(16)31-21/h1-4,13,15,17-18,20,31H,5-12H2,(H,29,33)(H,30,34)(H,32,35). The zero-order chi connectivity index (χ0) is 25.0. The van der Waals surface area contributed by atoms with Crippen LogP contribution in [0.15, 0.2) is 30.3 Å². The Morgan fingerprint density at radius 2 is 1.89 bits per heavy atom. The molecule has 3 unspecified atom stereocenters. The number of aromatic amines is 1. The van der Waals surface area contributed by atoms with Crippen LogP contribution in [0, 0.1) is 23.2 Å². The summed E-state index contributed by atoms with van der Waals surface area (Å²) < 4.78 is 27.3. The van der Waals surface area contributed by atoms with E-state index >= 15 is 0 Å². The second-order valence-corrected chi connectivity index (χ2v) is 9.53. The first-order valence-corrected chi connectivity index (χ1v) is 12.0. The van der Waals surface area contributed by atoms with E-state index in [-0.39, 0.29) is 62.0 Å². The normalized spacial score (nSPS) is 21.6. The molecule has 2 aromatic rings. The molecule has 4 rings (SSSR count). The Morgan fingerprint density at radius 1 is 1.14 bits per heavy atom. The van der Waals surface area contributed by atoms with Crippen molar-refractivity contribution in [2.45, 2.75) is 63.0 Å². The van der Waals surface area contributed by atoms with Gasteiger partial charge in [0.05, 0.1) is 6.07 Å². The fourth-order valence-electron chi connectivity index (χ4n) is 4.90. The van der Waals surface area contributed by atoms with Crippen LogP contribution in [0.1, 0.15) is 55.4 Å². The van der Waals surface area contributed by atoms with Crippen LogP contribution in [-0.2, 0) is 9.59 Å². The van der Waals surface area contributed by atoms with Crippen LogP contribution in [0.3, 0.4) is 0 Å². The van der Waals surface area contributed by atoms with E-state index in [2.05, 4.69) is 20.9 Å². The van der Waals surface area contributed by atoms with Crippen molar-refractivity contribution in [3.8, 4) is 6.07 Å². The first-order chi connectivity index (χ1) is 16.7. The van der Waals surface area contributed by atoms with Gasteiger partial charge in [0, 0.05) is 36.2 Å². The molecule has 3 atom stereocenters. The van der Waals surface area contributed by atoms with Crippen molar-refractivity contribution in [1.29, 1.82) is 5.26 Å². The van der Waals surface area contributed by atoms with E-state index < -0.39 is 29.8 Å². The predicted octanol–water partition coefficient (Wildman–Crippen LogP) is 3.02. The molecule has 35 heavy (non-hydrogen) atoms. The van der Waals surface area contributed by atoms with Crippen LogP contribution in [0.2, 0.25) is 0 Å². The maximum Gasteiger partial charge on any atom is 0.268 e. The summed E-state index contributed by atoms with van der Waals surface area (Å²) in [5, 5.41) is 18.5. The number of alkyl halides is 2. The lowest BCUT2D eigenvalue weighted by Crippen LogP contribution is -2.51. The van der Waals surface area contributed by atoms with Crippen molar-refractivity contribution in [2.75, 3.05) is 6.54 Å². The third-order valence-corrected chi connectivity index (χ3v) is 6.96. The van der Waals surface area contributed by atoms with E-state index in [1.807, 2.05) is 30.3 Å². The Bertz CT molecular complexity index is 1100. The van der Waals surface area contributed by atoms with Crippen LogP contribution in [0.4, 0.5) is 8.78 Å². The number of carbonyl (C=O) groups excluding carboxylic acids is 3. The van der Waals surface area contributed by atoms with Crippen molar-refractivity contribution >= 4 is 28.6 Å². The van der Waals surface area contributed by atoms with Gasteiger partial charge in [0.2, 0.25) is 17.7 Å². The minimum atomic E-state index is -2.70. The summed E-state index contributed by atoms with van der Waals surface area (Å²) in [5.41, 5.74) is 1.05. The van der Waals surface area contributed by atoms with Gasteiger partial charge in [-0.2, -0.15) is 5.26 Å². The molecule has 8 nitrogen and oxygen atoms in total. The lowest BCUT2D eigenvalue weighted by atomic mass is 9.82. The van der Waals surface area contributed by atoms with Gasteiger partial charge in [0.1, 0.15) is 17.8 Å². The molecule has 1 saturated heterocycles. The lowest BCUT2D eigenvalue weighted by molar-refractivity contribution is -0.125. The third kappa shape index (κ3) is 6.15. The van der Waals surface area contributed by atoms with Gasteiger partial charge in [-0.3, -0.25) is 14.4 Å². The van der Waals surface area contributed by atoms with Crippen LogP contribution in [-0.4, -0.2) is 47.3 Å². The summed E-state index contributed by atoms with van der Waals surface area (Å²) in [6, 6.07) is 9.16. The number of hydrogen-bond donors (Lipinski definition) is 4. The number of hydrogen-bond acceptors (Lipinski definition) is 4. The maximum atomic E-state index is 13.6. The van der Waals surface area contributed by atoms with Crippen LogP contribution >= 0.6 is 0 Å². The van der Waals surface area contributed by atoms with E-state index in [1.54, 1.807) is 6.07 Å². The molecule has 3 amide bonds. The molecule has 2 fully saturated rings. The molecule has 186 valence electrons. The number of halogens is 2. The molecule has 1 aliphatic heterocycles. The Hall–Kier alpha value is -3.48. The first-order valence-electron chi connectivity index (χ1n) is 12.0. The van der Waals surface area contributed by atoms with Crippen molar-refractivity contribution in [2.24, 2.45) is 11.8 Å². The minimum absolute atomic E-state index is 0.147. The van der Waals surface area contributed by atoms with Crippen molar-refractivity contribution < 1.29 is 23.2 Å². The molecular formula is C25H29F2N5O3. The summed E-state index contributed by atoms with van der Waals surface area (Å²) in [7, 11) is 0. The quantitative estimate of drug-likeness (QED) is 0.458. The second kappa shape index (κ2) is 10.4. The summed E-state index contributed by atoms with van der Waals surface area (Å²) in [5.74, 6) is -4.42. The smallest absolute Gasteiger partial charge is 0.268 e. The number of aromatic nitrogens is 1. The third-order valence-electron chi connectivity index (χ3n) is 6.96. The van der Waals surface area contributed by atoms with E-state index in [4.69, 9.17) is 0 Å². The van der Waals surface area contributed by atoms with Gasteiger partial charge in [0.15, 0.2) is 0 Å². The number of carbonyl (C=O) groups is 3. The summed E-state index contributed by atoms with van der Waals surface area (Å²) in [6.07, 6.45) is 0.956. The minimum Gasteiger partial charge on any atom is -0.356 e. The zero-order valence-corrected chi connectivity index (χ0v) is 19.3. The highest BCUT2D eigenvalue weighted by Crippen LogP contribution is 2.38. The molecule has 10 heteroatoms. The molecule has 0 bridgehead atoms. The van der Waals surface area contributed by atoms with Gasteiger partial charge in [-0.25, -0.2) is 8.78 Å². The Kier molecular flexibility index (Phi) is 7.34. The number of nitrogens with zero attached hydrogens (tertiary/aromatic N) is 1. The molecule has 1 aliphatic carbocycles. The molecule has 2 aliphatic rings. The van der Waals surface area contributed by atoms with Gasteiger partial charge in [-0.15, -0.1) is 0 Å². The highest BCUT2D eigenvalue weighted by molar-refractivity contribution is 6.00. The Morgan fingerprint density at radius 3 is 2.54 bits per heavy atom. The van der Waals surface area contributed by atoms with Crippen molar-refractivity contribution in [3.63, 3.8) is 0 Å². The van der Waals surface area contributed by atoms with Crippen molar-refractivity contribution in [3.05, 3.63) is 36.0 Å². The number of nitrogens with one attached hydrogen (secondary N) is 4. The van der Waals surface area contributed by atoms with E-state index in [9.17, 15) is 28.4 Å². The highest BCUT2D eigenvalue weighted by atomic mass is 19.3. The largest absolute Gasteiger partial charge is 0.356 e. The molecule has 4 N–H and O–H groups in total. The molecular weight excluding hydrogens is 456 g/mol. The fraction of sp³-hybridized carbons (Fsp3) is 0.520. The summed E-state index contributed by atoms with van der Waals surface area (Å²) >= 11 is 0. The molecule has 0 spiro atoms. The topological polar surface area (TPSA) is 127 Å². The molecule has 1 aromatic carbocycles. The fourth-order valence-corrected chi connectivity index (χ4v) is 4.90. The second-order valence-electron chi connectivity index (χ2n) is 9.53. The van der Waals surface area contributed by atoms with Crippen LogP contribution in [0.5, 0.6) is 0 Å². The van der Waals surface area contributed by atoms with Gasteiger partial charge < -0.3 is 20.9 Å². The van der Waals surface area contributed by atoms with Crippen LogP contribution in [0.25, 0.3) is 10.9 Å². The highest BCUT2D eigenvalue weighted by Gasteiger charge is 2.37. The molecule has 1 saturated carbocycles. The number of rotatable bonds is 8.